The highest BCUT2D eigenvalue weighted by Crippen LogP contribution is 2.30. The van der Waals surface area contributed by atoms with Gasteiger partial charge in [-0.2, -0.15) is 0 Å². The highest BCUT2D eigenvalue weighted by atomic mass is 19.3. The molecule has 0 saturated heterocycles. The largest absolute Gasteiger partial charge is 0.506 e. The predicted molar refractivity (Wildman–Crippen MR) is 43.5 cm³/mol. The van der Waals surface area contributed by atoms with Gasteiger partial charge in [-0.05, 0) is 18.1 Å². The maximum atomic E-state index is 12.2. The standard InChI is InChI=1S/C8H10F2N2O/c1-4-5(2-11)3-12-6(7(4)13)8(9)10/h3,8,13H,2,11H2,1H3. The molecule has 0 saturated carbocycles. The van der Waals surface area contributed by atoms with Crippen LogP contribution in [0.5, 0.6) is 5.75 Å². The molecule has 0 aliphatic carbocycles. The molecule has 0 spiro atoms. The summed E-state index contributed by atoms with van der Waals surface area (Å²) in [5.74, 6) is -0.460. The van der Waals surface area contributed by atoms with Crippen LogP contribution in [0.15, 0.2) is 6.20 Å². The van der Waals surface area contributed by atoms with Crippen LogP contribution in [0.1, 0.15) is 23.2 Å². The van der Waals surface area contributed by atoms with Gasteiger partial charge in [0.25, 0.3) is 6.43 Å². The Morgan fingerprint density at radius 3 is 2.69 bits per heavy atom. The van der Waals surface area contributed by atoms with Gasteiger partial charge in [0, 0.05) is 12.7 Å². The number of hydrogen-bond acceptors (Lipinski definition) is 3. The average molecular weight is 188 g/mol. The summed E-state index contributed by atoms with van der Waals surface area (Å²) < 4.78 is 24.4. The van der Waals surface area contributed by atoms with Crippen LogP contribution in [0, 0.1) is 6.92 Å². The fourth-order valence-corrected chi connectivity index (χ4v) is 1.02. The smallest absolute Gasteiger partial charge is 0.284 e. The Hall–Kier alpha value is -1.23. The second kappa shape index (κ2) is 3.66. The number of nitrogens with zero attached hydrogens (tertiary/aromatic N) is 1. The van der Waals surface area contributed by atoms with Crippen molar-refractivity contribution in [2.75, 3.05) is 0 Å². The Kier molecular flexibility index (Phi) is 2.77. The third kappa shape index (κ3) is 1.75. The summed E-state index contributed by atoms with van der Waals surface area (Å²) in [6, 6.07) is 0. The Bertz CT molecular complexity index is 315. The van der Waals surface area contributed by atoms with E-state index in [0.717, 1.165) is 0 Å². The highest BCUT2D eigenvalue weighted by Gasteiger charge is 2.17. The lowest BCUT2D eigenvalue weighted by molar-refractivity contribution is 0.141. The third-order valence-corrected chi connectivity index (χ3v) is 1.87. The summed E-state index contributed by atoms with van der Waals surface area (Å²) in [7, 11) is 0. The fourth-order valence-electron chi connectivity index (χ4n) is 1.02. The molecule has 1 heterocycles. The summed E-state index contributed by atoms with van der Waals surface area (Å²) in [5.41, 5.74) is 5.66. The lowest BCUT2D eigenvalue weighted by atomic mass is 10.1. The van der Waals surface area contributed by atoms with Crippen molar-refractivity contribution in [1.29, 1.82) is 0 Å². The Balaban J connectivity index is 3.23. The van der Waals surface area contributed by atoms with Gasteiger partial charge >= 0.3 is 0 Å². The first-order valence-electron chi connectivity index (χ1n) is 3.73. The van der Waals surface area contributed by atoms with Gasteiger partial charge in [0.1, 0.15) is 11.4 Å². The fraction of sp³-hybridized carbons (Fsp3) is 0.375. The third-order valence-electron chi connectivity index (χ3n) is 1.87. The topological polar surface area (TPSA) is 59.1 Å². The van der Waals surface area contributed by atoms with Crippen molar-refractivity contribution < 1.29 is 13.9 Å². The highest BCUT2D eigenvalue weighted by molar-refractivity contribution is 5.40. The van der Waals surface area contributed by atoms with Crippen molar-refractivity contribution in [3.05, 3.63) is 23.0 Å². The lowest BCUT2D eigenvalue weighted by Crippen LogP contribution is -2.03. The van der Waals surface area contributed by atoms with Crippen LogP contribution >= 0.6 is 0 Å². The number of hydrogen-bond donors (Lipinski definition) is 2. The second-order valence-electron chi connectivity index (χ2n) is 2.65. The van der Waals surface area contributed by atoms with E-state index in [1.165, 1.54) is 13.1 Å². The van der Waals surface area contributed by atoms with E-state index in [-0.39, 0.29) is 6.54 Å². The van der Waals surface area contributed by atoms with E-state index in [2.05, 4.69) is 4.98 Å². The number of aromatic hydroxyl groups is 1. The van der Waals surface area contributed by atoms with E-state index in [9.17, 15) is 13.9 Å². The maximum absolute atomic E-state index is 12.2. The molecule has 0 amide bonds. The van der Waals surface area contributed by atoms with Crippen molar-refractivity contribution in [3.8, 4) is 5.75 Å². The maximum Gasteiger partial charge on any atom is 0.284 e. The van der Waals surface area contributed by atoms with Crippen molar-refractivity contribution in [2.24, 2.45) is 5.73 Å². The van der Waals surface area contributed by atoms with Crippen LogP contribution in [0.3, 0.4) is 0 Å². The van der Waals surface area contributed by atoms with Crippen LogP contribution in [-0.2, 0) is 6.54 Å². The van der Waals surface area contributed by atoms with E-state index in [1.807, 2.05) is 0 Å². The molecule has 0 radical (unpaired) electrons. The molecule has 1 rings (SSSR count). The van der Waals surface area contributed by atoms with E-state index >= 15 is 0 Å². The molecule has 0 atom stereocenters. The van der Waals surface area contributed by atoms with Crippen LogP contribution < -0.4 is 5.73 Å². The number of alkyl halides is 2. The van der Waals surface area contributed by atoms with Gasteiger partial charge < -0.3 is 10.8 Å². The van der Waals surface area contributed by atoms with E-state index in [0.29, 0.717) is 11.1 Å². The monoisotopic (exact) mass is 188 g/mol. The zero-order valence-electron chi connectivity index (χ0n) is 7.09. The number of aromatic nitrogens is 1. The van der Waals surface area contributed by atoms with Crippen molar-refractivity contribution in [3.63, 3.8) is 0 Å². The molecule has 0 fully saturated rings. The SMILES string of the molecule is Cc1c(CN)cnc(C(F)F)c1O. The summed E-state index contributed by atoms with van der Waals surface area (Å²) >= 11 is 0. The summed E-state index contributed by atoms with van der Waals surface area (Å²) in [6.45, 7) is 1.71. The number of pyridine rings is 1. The van der Waals surface area contributed by atoms with Crippen molar-refractivity contribution >= 4 is 0 Å². The molecule has 3 nitrogen and oxygen atoms in total. The molecular formula is C8H10F2N2O. The minimum absolute atomic E-state index is 0.176. The normalized spacial score (nSPS) is 10.8. The van der Waals surface area contributed by atoms with Gasteiger partial charge in [-0.25, -0.2) is 8.78 Å². The average Bonchev–Trinajstić information content (AvgIpc) is 2.09. The first kappa shape index (κ1) is 9.85. The summed E-state index contributed by atoms with van der Waals surface area (Å²) in [6.07, 6.45) is -1.50. The molecule has 0 bridgehead atoms. The van der Waals surface area contributed by atoms with Gasteiger partial charge in [0.2, 0.25) is 0 Å². The lowest BCUT2D eigenvalue weighted by Gasteiger charge is -2.08. The van der Waals surface area contributed by atoms with E-state index in [1.54, 1.807) is 0 Å². The predicted octanol–water partition coefficient (Wildman–Crippen LogP) is 1.49. The van der Waals surface area contributed by atoms with Crippen LogP contribution in [0.4, 0.5) is 8.78 Å². The van der Waals surface area contributed by atoms with Gasteiger partial charge in [0.05, 0.1) is 0 Å². The molecule has 0 unspecified atom stereocenters. The van der Waals surface area contributed by atoms with Crippen molar-refractivity contribution in [1.82, 2.24) is 4.98 Å². The number of halogens is 2. The van der Waals surface area contributed by atoms with Gasteiger partial charge in [-0.1, -0.05) is 0 Å². The Morgan fingerprint density at radius 2 is 2.23 bits per heavy atom. The molecule has 13 heavy (non-hydrogen) atoms. The first-order valence-corrected chi connectivity index (χ1v) is 3.73. The molecule has 5 heteroatoms. The molecule has 72 valence electrons. The summed E-state index contributed by atoms with van der Waals surface area (Å²) in [4.78, 5) is 3.43. The zero-order chi connectivity index (χ0) is 10.0. The minimum atomic E-state index is -2.76. The van der Waals surface area contributed by atoms with Gasteiger partial charge in [-0.3, -0.25) is 4.98 Å². The minimum Gasteiger partial charge on any atom is -0.506 e. The Labute approximate surface area is 74.2 Å². The number of nitrogens with two attached hydrogens (primary N) is 1. The van der Waals surface area contributed by atoms with E-state index < -0.39 is 17.9 Å². The zero-order valence-corrected chi connectivity index (χ0v) is 7.09. The van der Waals surface area contributed by atoms with Crippen LogP contribution in [-0.4, -0.2) is 10.1 Å². The molecule has 0 aliphatic heterocycles. The first-order chi connectivity index (χ1) is 6.07. The van der Waals surface area contributed by atoms with E-state index in [4.69, 9.17) is 5.73 Å². The number of rotatable bonds is 2. The van der Waals surface area contributed by atoms with Gasteiger partial charge in [0.15, 0.2) is 0 Å². The second-order valence-corrected chi connectivity index (χ2v) is 2.65. The Morgan fingerprint density at radius 1 is 1.62 bits per heavy atom. The molecule has 1 aromatic rings. The quantitative estimate of drug-likeness (QED) is 0.739. The molecule has 3 N–H and O–H groups in total. The molecular weight excluding hydrogens is 178 g/mol. The van der Waals surface area contributed by atoms with Crippen LogP contribution in [0.25, 0.3) is 0 Å². The van der Waals surface area contributed by atoms with Gasteiger partial charge in [-0.15, -0.1) is 0 Å². The molecule has 1 aromatic heterocycles. The molecule has 0 aromatic carbocycles. The van der Waals surface area contributed by atoms with Crippen molar-refractivity contribution in [2.45, 2.75) is 19.9 Å². The summed E-state index contributed by atoms with van der Waals surface area (Å²) in [5, 5.41) is 9.28. The van der Waals surface area contributed by atoms with Crippen LogP contribution in [0.2, 0.25) is 0 Å². The molecule has 0 aliphatic rings.